The molecular formula is C17H19FN2O3S. The Morgan fingerprint density at radius 2 is 1.96 bits per heavy atom. The third-order valence-electron chi connectivity index (χ3n) is 4.15. The fourth-order valence-electron chi connectivity index (χ4n) is 2.96. The molecule has 1 aromatic heterocycles. The Labute approximate surface area is 140 Å². The summed E-state index contributed by atoms with van der Waals surface area (Å²) in [6.07, 6.45) is 3.18. The number of nitrogens with zero attached hydrogens (tertiary/aromatic N) is 2. The summed E-state index contributed by atoms with van der Waals surface area (Å²) in [5.41, 5.74) is 2.30. The summed E-state index contributed by atoms with van der Waals surface area (Å²) in [4.78, 5) is 0.167. The van der Waals surface area contributed by atoms with Gasteiger partial charge in [-0.2, -0.15) is 4.31 Å². The van der Waals surface area contributed by atoms with Gasteiger partial charge in [-0.1, -0.05) is 28.9 Å². The van der Waals surface area contributed by atoms with Gasteiger partial charge in [-0.25, -0.2) is 12.8 Å². The molecule has 0 unspecified atom stereocenters. The van der Waals surface area contributed by atoms with Crippen molar-refractivity contribution >= 4 is 16.1 Å². The molecule has 0 radical (unpaired) electrons. The molecule has 128 valence electrons. The highest BCUT2D eigenvalue weighted by atomic mass is 32.2. The molecule has 0 atom stereocenters. The Hall–Kier alpha value is -1.99. The summed E-state index contributed by atoms with van der Waals surface area (Å²) < 4.78 is 45.2. The van der Waals surface area contributed by atoms with Gasteiger partial charge in [-0.3, -0.25) is 0 Å². The number of halogens is 1. The number of piperidine rings is 1. The lowest BCUT2D eigenvalue weighted by Crippen LogP contribution is -2.36. The van der Waals surface area contributed by atoms with Gasteiger partial charge in [0, 0.05) is 13.1 Å². The summed E-state index contributed by atoms with van der Waals surface area (Å²) in [6.45, 7) is 4.02. The van der Waals surface area contributed by atoms with Crippen molar-refractivity contribution in [1.29, 1.82) is 0 Å². The van der Waals surface area contributed by atoms with E-state index >= 15 is 0 Å². The third-order valence-corrected chi connectivity index (χ3v) is 6.29. The molecule has 5 nitrogen and oxygen atoms in total. The minimum atomic E-state index is -3.59. The quantitative estimate of drug-likeness (QED) is 0.852. The van der Waals surface area contributed by atoms with Crippen LogP contribution in [0.5, 0.6) is 0 Å². The maximum Gasteiger partial charge on any atom is 0.248 e. The van der Waals surface area contributed by atoms with Gasteiger partial charge >= 0.3 is 0 Å². The monoisotopic (exact) mass is 350 g/mol. The van der Waals surface area contributed by atoms with Crippen LogP contribution >= 0.6 is 0 Å². The van der Waals surface area contributed by atoms with Gasteiger partial charge in [-0.15, -0.1) is 0 Å². The molecule has 0 amide bonds. The lowest BCUT2D eigenvalue weighted by Gasteiger charge is -2.27. The number of hydrogen-bond acceptors (Lipinski definition) is 4. The molecule has 1 saturated heterocycles. The summed E-state index contributed by atoms with van der Waals surface area (Å²) in [6, 6.07) is 6.38. The second kappa shape index (κ2) is 6.49. The molecule has 1 aliphatic heterocycles. The van der Waals surface area contributed by atoms with E-state index in [0.717, 1.165) is 11.1 Å². The van der Waals surface area contributed by atoms with E-state index < -0.39 is 10.0 Å². The second-order valence-electron chi connectivity index (χ2n) is 5.91. The highest BCUT2D eigenvalue weighted by molar-refractivity contribution is 7.89. The van der Waals surface area contributed by atoms with Gasteiger partial charge in [0.25, 0.3) is 0 Å². The number of benzene rings is 1. The fourth-order valence-corrected chi connectivity index (χ4v) is 4.69. The molecule has 2 aromatic rings. The topological polar surface area (TPSA) is 63.4 Å². The maximum absolute atomic E-state index is 13.2. The zero-order chi connectivity index (χ0) is 17.3. The average molecular weight is 350 g/mol. The molecule has 1 fully saturated rings. The largest absolute Gasteiger partial charge is 0.360 e. The first-order valence-corrected chi connectivity index (χ1v) is 9.20. The number of aromatic nitrogens is 1. The first-order valence-electron chi connectivity index (χ1n) is 7.76. The number of aryl methyl sites for hydroxylation is 2. The van der Waals surface area contributed by atoms with E-state index in [2.05, 4.69) is 5.16 Å². The molecular weight excluding hydrogens is 331 g/mol. The molecule has 1 aliphatic rings. The maximum atomic E-state index is 13.2. The van der Waals surface area contributed by atoms with E-state index in [9.17, 15) is 12.8 Å². The van der Waals surface area contributed by atoms with E-state index in [4.69, 9.17) is 4.52 Å². The highest BCUT2D eigenvalue weighted by Gasteiger charge is 2.32. The fraction of sp³-hybridized carbons (Fsp3) is 0.353. The predicted octanol–water partition coefficient (Wildman–Crippen LogP) is 3.30. The Bertz CT molecular complexity index is 857. The smallest absolute Gasteiger partial charge is 0.248 e. The lowest BCUT2D eigenvalue weighted by atomic mass is 10.0. The van der Waals surface area contributed by atoms with Crippen LogP contribution in [-0.4, -0.2) is 31.0 Å². The summed E-state index contributed by atoms with van der Waals surface area (Å²) in [7, 11) is -3.59. The van der Waals surface area contributed by atoms with Gasteiger partial charge < -0.3 is 4.52 Å². The summed E-state index contributed by atoms with van der Waals surface area (Å²) in [5, 5.41) is 3.73. The SMILES string of the molecule is Cc1noc(C)c1S(=O)(=O)N1CCC(=Cc2cccc(F)c2)CC1. The first kappa shape index (κ1) is 16.9. The van der Waals surface area contributed by atoms with Crippen LogP contribution in [0, 0.1) is 19.7 Å². The van der Waals surface area contributed by atoms with E-state index in [1.807, 2.05) is 12.1 Å². The molecule has 3 rings (SSSR count). The molecule has 0 bridgehead atoms. The standard InChI is InChI=1S/C17H19FN2O3S/c1-12-17(13(2)23-19-12)24(21,22)20-8-6-14(7-9-20)10-15-4-3-5-16(18)11-15/h3-5,10-11H,6-9H2,1-2H3. The van der Waals surface area contributed by atoms with E-state index in [1.54, 1.807) is 19.9 Å². The molecule has 1 aromatic carbocycles. The van der Waals surface area contributed by atoms with Crippen molar-refractivity contribution in [2.75, 3.05) is 13.1 Å². The Morgan fingerprint density at radius 1 is 1.25 bits per heavy atom. The Morgan fingerprint density at radius 3 is 2.54 bits per heavy atom. The van der Waals surface area contributed by atoms with E-state index in [1.165, 1.54) is 16.4 Å². The number of sulfonamides is 1. The normalized spacial score (nSPS) is 16.4. The highest BCUT2D eigenvalue weighted by Crippen LogP contribution is 2.28. The van der Waals surface area contributed by atoms with Crippen molar-refractivity contribution in [1.82, 2.24) is 9.46 Å². The Balaban J connectivity index is 1.75. The second-order valence-corrected chi connectivity index (χ2v) is 7.79. The summed E-state index contributed by atoms with van der Waals surface area (Å²) in [5.74, 6) is 0.0383. The average Bonchev–Trinajstić information content (AvgIpc) is 2.87. The van der Waals surface area contributed by atoms with Crippen molar-refractivity contribution in [2.24, 2.45) is 0 Å². The van der Waals surface area contributed by atoms with Crippen LogP contribution in [0.4, 0.5) is 4.39 Å². The zero-order valence-corrected chi connectivity index (χ0v) is 14.4. The molecule has 24 heavy (non-hydrogen) atoms. The first-order chi connectivity index (χ1) is 11.4. The number of hydrogen-bond donors (Lipinski definition) is 0. The van der Waals surface area contributed by atoms with Gasteiger partial charge in [0.1, 0.15) is 16.4 Å². The minimum Gasteiger partial charge on any atom is -0.360 e. The molecule has 0 N–H and O–H groups in total. The minimum absolute atomic E-state index is 0.167. The lowest BCUT2D eigenvalue weighted by molar-refractivity contribution is 0.380. The van der Waals surface area contributed by atoms with Crippen LogP contribution in [0.3, 0.4) is 0 Å². The van der Waals surface area contributed by atoms with Crippen LogP contribution in [0.2, 0.25) is 0 Å². The van der Waals surface area contributed by atoms with Gasteiger partial charge in [0.2, 0.25) is 10.0 Å². The van der Waals surface area contributed by atoms with Crippen LogP contribution in [0.15, 0.2) is 39.3 Å². The predicted molar refractivity (Wildman–Crippen MR) is 88.3 cm³/mol. The third kappa shape index (κ3) is 3.27. The van der Waals surface area contributed by atoms with E-state index in [0.29, 0.717) is 37.4 Å². The molecule has 2 heterocycles. The molecule has 7 heteroatoms. The summed E-state index contributed by atoms with van der Waals surface area (Å²) >= 11 is 0. The van der Waals surface area contributed by atoms with Crippen molar-refractivity contribution in [3.05, 3.63) is 52.7 Å². The Kier molecular flexibility index (Phi) is 4.56. The van der Waals surface area contributed by atoms with Crippen LogP contribution in [-0.2, 0) is 10.0 Å². The van der Waals surface area contributed by atoms with Gasteiger partial charge in [0.05, 0.1) is 0 Å². The zero-order valence-electron chi connectivity index (χ0n) is 13.6. The number of rotatable bonds is 3. The van der Waals surface area contributed by atoms with E-state index in [-0.39, 0.29) is 10.7 Å². The molecule has 0 spiro atoms. The van der Waals surface area contributed by atoms with Crippen molar-refractivity contribution in [2.45, 2.75) is 31.6 Å². The van der Waals surface area contributed by atoms with Gasteiger partial charge in [0.15, 0.2) is 5.76 Å². The van der Waals surface area contributed by atoms with Crippen LogP contribution in [0.1, 0.15) is 29.9 Å². The van der Waals surface area contributed by atoms with Crippen LogP contribution < -0.4 is 0 Å². The van der Waals surface area contributed by atoms with Gasteiger partial charge in [-0.05, 0) is 44.4 Å². The van der Waals surface area contributed by atoms with Crippen molar-refractivity contribution in [3.63, 3.8) is 0 Å². The van der Waals surface area contributed by atoms with Crippen LogP contribution in [0.25, 0.3) is 6.08 Å². The van der Waals surface area contributed by atoms with Crippen molar-refractivity contribution in [3.8, 4) is 0 Å². The molecule has 0 aliphatic carbocycles. The van der Waals surface area contributed by atoms with Crippen molar-refractivity contribution < 1.29 is 17.3 Å². The molecule has 0 saturated carbocycles.